The second kappa shape index (κ2) is 9.15. The Morgan fingerprint density at radius 2 is 2.05 bits per heavy atom. The Kier molecular flexibility index (Phi) is 7.82. The van der Waals surface area contributed by atoms with Gasteiger partial charge in [-0.1, -0.05) is 11.6 Å². The van der Waals surface area contributed by atoms with Crippen LogP contribution in [0.25, 0.3) is 0 Å². The third kappa shape index (κ3) is 6.25. The van der Waals surface area contributed by atoms with E-state index in [-0.39, 0.29) is 0 Å². The Balaban J connectivity index is 2.31. The lowest BCUT2D eigenvalue weighted by atomic mass is 10.2. The van der Waals surface area contributed by atoms with E-state index < -0.39 is 0 Å². The molecule has 0 aliphatic carbocycles. The van der Waals surface area contributed by atoms with Crippen molar-refractivity contribution in [1.29, 1.82) is 0 Å². The summed E-state index contributed by atoms with van der Waals surface area (Å²) < 4.78 is 10.3. The molecule has 19 heavy (non-hydrogen) atoms. The lowest BCUT2D eigenvalue weighted by Gasteiger charge is -2.16. The van der Waals surface area contributed by atoms with Crippen molar-refractivity contribution in [3.63, 3.8) is 0 Å². The summed E-state index contributed by atoms with van der Waals surface area (Å²) in [6.45, 7) is 4.35. The van der Waals surface area contributed by atoms with E-state index in [0.717, 1.165) is 49.1 Å². The molecule has 0 saturated carbocycles. The van der Waals surface area contributed by atoms with E-state index in [4.69, 9.17) is 21.1 Å². The molecule has 0 aromatic heterocycles. The molecule has 4 nitrogen and oxygen atoms in total. The van der Waals surface area contributed by atoms with Gasteiger partial charge in [0.15, 0.2) is 0 Å². The standard InChI is InChI=1S/C14H23ClN2O2/c1-17(8-9-18-2)7-6-16-11-12-10-13(15)4-5-14(12)19-3/h4-5,10,16H,6-9,11H2,1-3H3. The van der Waals surface area contributed by atoms with Crippen LogP contribution in [0, 0.1) is 0 Å². The molecule has 1 N–H and O–H groups in total. The van der Waals surface area contributed by atoms with E-state index in [0.29, 0.717) is 0 Å². The molecule has 108 valence electrons. The van der Waals surface area contributed by atoms with Crippen LogP contribution in [0.1, 0.15) is 5.56 Å². The maximum absolute atomic E-state index is 5.99. The van der Waals surface area contributed by atoms with Crippen molar-refractivity contribution in [3.05, 3.63) is 28.8 Å². The molecule has 0 amide bonds. The van der Waals surface area contributed by atoms with Gasteiger partial charge < -0.3 is 19.7 Å². The zero-order chi connectivity index (χ0) is 14.1. The number of ether oxygens (including phenoxy) is 2. The Bertz CT molecular complexity index is 374. The average molecular weight is 287 g/mol. The molecule has 0 atom stereocenters. The number of likely N-dealkylation sites (N-methyl/N-ethyl adjacent to an activating group) is 1. The van der Waals surface area contributed by atoms with Gasteiger partial charge in [0, 0.05) is 43.9 Å². The zero-order valence-electron chi connectivity index (χ0n) is 11.9. The van der Waals surface area contributed by atoms with Gasteiger partial charge in [0.25, 0.3) is 0 Å². The topological polar surface area (TPSA) is 33.7 Å². The monoisotopic (exact) mass is 286 g/mol. The molecule has 0 aliphatic rings. The smallest absolute Gasteiger partial charge is 0.123 e. The predicted octanol–water partition coefficient (Wildman–Crippen LogP) is 2.02. The molecule has 0 saturated heterocycles. The van der Waals surface area contributed by atoms with Crippen molar-refractivity contribution in [3.8, 4) is 5.75 Å². The van der Waals surface area contributed by atoms with Crippen LogP contribution in [0.2, 0.25) is 5.02 Å². The van der Waals surface area contributed by atoms with E-state index in [9.17, 15) is 0 Å². The lowest BCUT2D eigenvalue weighted by molar-refractivity contribution is 0.161. The van der Waals surface area contributed by atoms with Crippen molar-refractivity contribution >= 4 is 11.6 Å². The molecular formula is C14H23ClN2O2. The van der Waals surface area contributed by atoms with Crippen LogP contribution in [0.4, 0.5) is 0 Å². The van der Waals surface area contributed by atoms with Gasteiger partial charge in [-0.25, -0.2) is 0 Å². The van der Waals surface area contributed by atoms with Gasteiger partial charge in [-0.15, -0.1) is 0 Å². The summed E-state index contributed by atoms with van der Waals surface area (Å²) >= 11 is 5.99. The summed E-state index contributed by atoms with van der Waals surface area (Å²) in [7, 11) is 5.48. The molecule has 0 fully saturated rings. The van der Waals surface area contributed by atoms with Gasteiger partial charge in [0.2, 0.25) is 0 Å². The molecule has 1 aromatic carbocycles. The summed E-state index contributed by atoms with van der Waals surface area (Å²) in [5.41, 5.74) is 1.08. The van der Waals surface area contributed by atoms with Crippen molar-refractivity contribution in [2.24, 2.45) is 0 Å². The molecule has 0 spiro atoms. The highest BCUT2D eigenvalue weighted by molar-refractivity contribution is 6.30. The number of nitrogens with zero attached hydrogens (tertiary/aromatic N) is 1. The first-order valence-electron chi connectivity index (χ1n) is 6.38. The first-order chi connectivity index (χ1) is 9.17. The van der Waals surface area contributed by atoms with Gasteiger partial charge in [0.05, 0.1) is 13.7 Å². The normalized spacial score (nSPS) is 11.0. The molecule has 5 heteroatoms. The number of rotatable bonds is 9. The van der Waals surface area contributed by atoms with Crippen molar-refractivity contribution in [2.45, 2.75) is 6.54 Å². The van der Waals surface area contributed by atoms with Gasteiger partial charge in [-0.05, 0) is 25.2 Å². The second-order valence-electron chi connectivity index (χ2n) is 4.43. The number of methoxy groups -OCH3 is 2. The Morgan fingerprint density at radius 1 is 1.26 bits per heavy atom. The maximum Gasteiger partial charge on any atom is 0.123 e. The van der Waals surface area contributed by atoms with Crippen LogP contribution in [-0.4, -0.2) is 52.4 Å². The van der Waals surface area contributed by atoms with Crippen LogP contribution in [0.5, 0.6) is 5.75 Å². The Labute approximate surface area is 120 Å². The first kappa shape index (κ1) is 16.2. The maximum atomic E-state index is 5.99. The summed E-state index contributed by atoms with van der Waals surface area (Å²) in [5.74, 6) is 0.865. The molecule has 0 aliphatic heterocycles. The van der Waals surface area contributed by atoms with Gasteiger partial charge in [0.1, 0.15) is 5.75 Å². The highest BCUT2D eigenvalue weighted by Gasteiger charge is 2.03. The predicted molar refractivity (Wildman–Crippen MR) is 79.1 cm³/mol. The fraction of sp³-hybridized carbons (Fsp3) is 0.571. The first-order valence-corrected chi connectivity index (χ1v) is 6.75. The minimum absolute atomic E-state index is 0.731. The quantitative estimate of drug-likeness (QED) is 0.704. The van der Waals surface area contributed by atoms with E-state index in [1.807, 2.05) is 18.2 Å². The minimum Gasteiger partial charge on any atom is -0.496 e. The molecule has 1 aromatic rings. The van der Waals surface area contributed by atoms with Crippen molar-refractivity contribution in [2.75, 3.05) is 47.5 Å². The SMILES string of the molecule is COCCN(C)CCNCc1cc(Cl)ccc1OC. The molecular weight excluding hydrogens is 264 g/mol. The molecule has 0 heterocycles. The highest BCUT2D eigenvalue weighted by Crippen LogP contribution is 2.22. The second-order valence-corrected chi connectivity index (χ2v) is 4.87. The van der Waals surface area contributed by atoms with Crippen molar-refractivity contribution in [1.82, 2.24) is 10.2 Å². The summed E-state index contributed by atoms with van der Waals surface area (Å²) in [6, 6.07) is 5.66. The number of nitrogens with one attached hydrogen (secondary N) is 1. The fourth-order valence-corrected chi connectivity index (χ4v) is 1.93. The van der Waals surface area contributed by atoms with Crippen molar-refractivity contribution < 1.29 is 9.47 Å². The highest BCUT2D eigenvalue weighted by atomic mass is 35.5. The van der Waals surface area contributed by atoms with Crippen LogP contribution >= 0.6 is 11.6 Å². The lowest BCUT2D eigenvalue weighted by Crippen LogP contribution is -2.31. The minimum atomic E-state index is 0.731. The van der Waals surface area contributed by atoms with Gasteiger partial charge in [-0.2, -0.15) is 0 Å². The van der Waals surface area contributed by atoms with E-state index in [1.165, 1.54) is 0 Å². The number of benzene rings is 1. The molecule has 0 radical (unpaired) electrons. The fourth-order valence-electron chi connectivity index (χ4n) is 1.74. The zero-order valence-corrected chi connectivity index (χ0v) is 12.7. The summed E-state index contributed by atoms with van der Waals surface area (Å²) in [5, 5.41) is 4.12. The van der Waals surface area contributed by atoms with Crippen LogP contribution < -0.4 is 10.1 Å². The molecule has 1 rings (SSSR count). The third-order valence-corrected chi connectivity index (χ3v) is 3.14. The average Bonchev–Trinajstić information content (AvgIpc) is 2.41. The molecule has 0 bridgehead atoms. The van der Waals surface area contributed by atoms with E-state index in [2.05, 4.69) is 17.3 Å². The van der Waals surface area contributed by atoms with Gasteiger partial charge >= 0.3 is 0 Å². The van der Waals surface area contributed by atoms with E-state index in [1.54, 1.807) is 14.2 Å². The third-order valence-electron chi connectivity index (χ3n) is 2.91. The Hall–Kier alpha value is -0.810. The Morgan fingerprint density at radius 3 is 2.74 bits per heavy atom. The number of halogens is 1. The number of hydrogen-bond acceptors (Lipinski definition) is 4. The van der Waals surface area contributed by atoms with Crippen LogP contribution in [0.3, 0.4) is 0 Å². The summed E-state index contributed by atoms with van der Waals surface area (Å²) in [4.78, 5) is 2.23. The number of hydrogen-bond donors (Lipinski definition) is 1. The van der Waals surface area contributed by atoms with E-state index >= 15 is 0 Å². The summed E-state index contributed by atoms with van der Waals surface area (Å²) in [6.07, 6.45) is 0. The molecule has 0 unspecified atom stereocenters. The van der Waals surface area contributed by atoms with Crippen LogP contribution in [-0.2, 0) is 11.3 Å². The van der Waals surface area contributed by atoms with Gasteiger partial charge in [-0.3, -0.25) is 0 Å². The largest absolute Gasteiger partial charge is 0.496 e. The van der Waals surface area contributed by atoms with Crippen LogP contribution in [0.15, 0.2) is 18.2 Å².